The molecule has 1 saturated carbocycles. The summed E-state index contributed by atoms with van der Waals surface area (Å²) in [6.07, 6.45) is 12.3. The molecule has 124 valence electrons. The average Bonchev–Trinajstić information content (AvgIpc) is 2.50. The Balaban J connectivity index is 1.96. The molecule has 4 atom stereocenters. The van der Waals surface area contributed by atoms with E-state index >= 15 is 0 Å². The van der Waals surface area contributed by atoms with E-state index in [-0.39, 0.29) is 22.4 Å². The molecule has 0 saturated heterocycles. The van der Waals surface area contributed by atoms with Crippen LogP contribution in [0.3, 0.4) is 0 Å². The van der Waals surface area contributed by atoms with Gasteiger partial charge >= 0.3 is 0 Å². The largest absolute Gasteiger partial charge is 0.290 e. The predicted octanol–water partition coefficient (Wildman–Crippen LogP) is 4.81. The molecule has 3 rings (SSSR count). The van der Waals surface area contributed by atoms with Gasteiger partial charge < -0.3 is 0 Å². The van der Waals surface area contributed by atoms with Crippen molar-refractivity contribution in [1.82, 2.24) is 0 Å². The maximum atomic E-state index is 12.2. The Morgan fingerprint density at radius 2 is 1.91 bits per heavy atom. The Morgan fingerprint density at radius 3 is 2.65 bits per heavy atom. The van der Waals surface area contributed by atoms with E-state index < -0.39 is 0 Å². The van der Waals surface area contributed by atoms with Gasteiger partial charge in [0.1, 0.15) is 0 Å². The molecule has 0 amide bonds. The normalized spacial score (nSPS) is 40.5. The second kappa shape index (κ2) is 5.58. The van der Waals surface area contributed by atoms with Crippen molar-refractivity contribution in [2.75, 3.05) is 0 Å². The highest BCUT2D eigenvalue weighted by Crippen LogP contribution is 2.62. The Bertz CT molecular complexity index is 636. The molecule has 0 aliphatic heterocycles. The van der Waals surface area contributed by atoms with Gasteiger partial charge in [0.25, 0.3) is 0 Å². The molecular formula is C21H28O2. The van der Waals surface area contributed by atoms with Crippen LogP contribution in [-0.4, -0.2) is 11.6 Å². The molecule has 2 nitrogen and oxygen atoms in total. The zero-order valence-corrected chi connectivity index (χ0v) is 14.8. The summed E-state index contributed by atoms with van der Waals surface area (Å²) in [5.74, 6) is 1.13. The highest BCUT2D eigenvalue weighted by molar-refractivity contribution is 6.17. The maximum absolute atomic E-state index is 12.2. The molecule has 2 heteroatoms. The monoisotopic (exact) mass is 312 g/mol. The fourth-order valence-corrected chi connectivity index (χ4v) is 5.31. The molecule has 1 fully saturated rings. The number of ketones is 2. The zero-order chi connectivity index (χ0) is 16.8. The Hall–Kier alpha value is -1.44. The summed E-state index contributed by atoms with van der Waals surface area (Å²) in [6, 6.07) is 0. The first-order chi connectivity index (χ1) is 10.8. The number of hydrogen-bond donors (Lipinski definition) is 0. The van der Waals surface area contributed by atoms with Crippen LogP contribution in [0.2, 0.25) is 0 Å². The van der Waals surface area contributed by atoms with E-state index in [1.165, 1.54) is 37.0 Å². The Kier molecular flexibility index (Phi) is 3.98. The summed E-state index contributed by atoms with van der Waals surface area (Å²) in [4.78, 5) is 24.0. The van der Waals surface area contributed by atoms with Gasteiger partial charge in [-0.15, -0.1) is 0 Å². The van der Waals surface area contributed by atoms with Gasteiger partial charge in [-0.25, -0.2) is 0 Å². The minimum Gasteiger partial charge on any atom is -0.290 e. The van der Waals surface area contributed by atoms with Crippen molar-refractivity contribution >= 4 is 11.6 Å². The number of fused-ring (bicyclic) bond motifs is 1. The lowest BCUT2D eigenvalue weighted by Gasteiger charge is -2.58. The van der Waals surface area contributed by atoms with Crippen LogP contribution in [-0.2, 0) is 9.59 Å². The van der Waals surface area contributed by atoms with Crippen molar-refractivity contribution in [2.45, 2.75) is 59.8 Å². The molecular weight excluding hydrogens is 284 g/mol. The Labute approximate surface area is 139 Å². The van der Waals surface area contributed by atoms with Crippen molar-refractivity contribution < 1.29 is 9.59 Å². The van der Waals surface area contributed by atoms with Crippen LogP contribution < -0.4 is 0 Å². The summed E-state index contributed by atoms with van der Waals surface area (Å²) in [7, 11) is 0. The van der Waals surface area contributed by atoms with Gasteiger partial charge in [-0.1, -0.05) is 32.4 Å². The Morgan fingerprint density at radius 1 is 1.17 bits per heavy atom. The quantitative estimate of drug-likeness (QED) is 0.541. The van der Waals surface area contributed by atoms with Crippen LogP contribution in [0.4, 0.5) is 0 Å². The SMILES string of the molecule is CC1=CCC[C@@H]2C1(C)CCC(C)[C@@]2(C)CC1=CC(=O)C=CC1=O. The summed E-state index contributed by atoms with van der Waals surface area (Å²) in [5.41, 5.74) is 2.56. The van der Waals surface area contributed by atoms with Gasteiger partial charge in [-0.2, -0.15) is 0 Å². The topological polar surface area (TPSA) is 34.1 Å². The van der Waals surface area contributed by atoms with Crippen LogP contribution in [0, 0.1) is 22.7 Å². The molecule has 0 radical (unpaired) electrons. The predicted molar refractivity (Wildman–Crippen MR) is 92.9 cm³/mol. The van der Waals surface area contributed by atoms with Crippen molar-refractivity contribution in [3.05, 3.63) is 35.5 Å². The molecule has 2 unspecified atom stereocenters. The first-order valence-electron chi connectivity index (χ1n) is 8.91. The fourth-order valence-electron chi connectivity index (χ4n) is 5.31. The van der Waals surface area contributed by atoms with Crippen LogP contribution in [0.15, 0.2) is 35.5 Å². The van der Waals surface area contributed by atoms with Crippen LogP contribution in [0.5, 0.6) is 0 Å². The van der Waals surface area contributed by atoms with Crippen molar-refractivity contribution in [2.24, 2.45) is 22.7 Å². The third-order valence-electron chi connectivity index (χ3n) is 7.20. The standard InChI is InChI=1S/C21H28O2/c1-14-6-5-7-19-20(14,3)11-10-15(2)21(19,4)13-16-12-17(22)8-9-18(16)23/h6,8-9,12,15,19H,5,7,10-11,13H2,1-4H3/t15?,19-,20?,21-/m1/s1. The molecule has 0 bridgehead atoms. The highest BCUT2D eigenvalue weighted by atomic mass is 16.1. The fraction of sp³-hybridized carbons (Fsp3) is 0.619. The number of carbonyl (C=O) groups excluding carboxylic acids is 2. The summed E-state index contributed by atoms with van der Waals surface area (Å²) >= 11 is 0. The lowest BCUT2D eigenvalue weighted by molar-refractivity contribution is -0.115. The minimum absolute atomic E-state index is 0.0216. The van der Waals surface area contributed by atoms with E-state index in [1.54, 1.807) is 6.08 Å². The molecule has 23 heavy (non-hydrogen) atoms. The van der Waals surface area contributed by atoms with Crippen molar-refractivity contribution in [3.8, 4) is 0 Å². The average molecular weight is 312 g/mol. The summed E-state index contributed by atoms with van der Waals surface area (Å²) < 4.78 is 0. The van der Waals surface area contributed by atoms with Crippen LogP contribution >= 0.6 is 0 Å². The number of carbonyl (C=O) groups is 2. The first-order valence-corrected chi connectivity index (χ1v) is 8.91. The molecule has 0 aromatic heterocycles. The summed E-state index contributed by atoms with van der Waals surface area (Å²) in [5, 5.41) is 0. The van der Waals surface area contributed by atoms with Gasteiger partial charge in [-0.05, 0) is 79.9 Å². The van der Waals surface area contributed by atoms with Crippen LogP contribution in [0.25, 0.3) is 0 Å². The molecule has 0 N–H and O–H groups in total. The minimum atomic E-state index is -0.0471. The zero-order valence-electron chi connectivity index (χ0n) is 14.8. The number of allylic oxidation sites excluding steroid dienone is 6. The second-order valence-corrected chi connectivity index (χ2v) is 8.33. The van der Waals surface area contributed by atoms with Crippen molar-refractivity contribution in [3.63, 3.8) is 0 Å². The van der Waals surface area contributed by atoms with E-state index in [0.717, 1.165) is 12.8 Å². The van der Waals surface area contributed by atoms with Crippen LogP contribution in [0.1, 0.15) is 59.8 Å². The first kappa shape index (κ1) is 16.4. The lowest BCUT2D eigenvalue weighted by Crippen LogP contribution is -2.50. The van der Waals surface area contributed by atoms with Gasteiger partial charge in [-0.3, -0.25) is 9.59 Å². The lowest BCUT2D eigenvalue weighted by atomic mass is 9.46. The van der Waals surface area contributed by atoms with E-state index in [2.05, 4.69) is 33.8 Å². The van der Waals surface area contributed by atoms with Gasteiger partial charge in [0.2, 0.25) is 0 Å². The van der Waals surface area contributed by atoms with Gasteiger partial charge in [0.15, 0.2) is 11.6 Å². The second-order valence-electron chi connectivity index (χ2n) is 8.33. The maximum Gasteiger partial charge on any atom is 0.182 e. The molecule has 0 aromatic carbocycles. The molecule has 3 aliphatic rings. The third-order valence-corrected chi connectivity index (χ3v) is 7.20. The molecule has 0 heterocycles. The molecule has 3 aliphatic carbocycles. The molecule has 0 spiro atoms. The third kappa shape index (κ3) is 2.56. The van der Waals surface area contributed by atoms with Gasteiger partial charge in [0, 0.05) is 5.57 Å². The van der Waals surface area contributed by atoms with Gasteiger partial charge in [0.05, 0.1) is 0 Å². The van der Waals surface area contributed by atoms with E-state index in [0.29, 0.717) is 17.4 Å². The number of hydrogen-bond acceptors (Lipinski definition) is 2. The van der Waals surface area contributed by atoms with E-state index in [9.17, 15) is 9.59 Å². The molecule has 0 aromatic rings. The smallest absolute Gasteiger partial charge is 0.182 e. The van der Waals surface area contributed by atoms with E-state index in [4.69, 9.17) is 0 Å². The van der Waals surface area contributed by atoms with E-state index in [1.807, 2.05) is 0 Å². The summed E-state index contributed by atoms with van der Waals surface area (Å²) in [6.45, 7) is 9.38. The number of rotatable bonds is 2. The van der Waals surface area contributed by atoms with Crippen molar-refractivity contribution in [1.29, 1.82) is 0 Å². The highest BCUT2D eigenvalue weighted by Gasteiger charge is 2.53.